The van der Waals surface area contributed by atoms with E-state index in [4.69, 9.17) is 16.9 Å². The summed E-state index contributed by atoms with van der Waals surface area (Å²) in [6, 6.07) is 16.1. The molecule has 1 aliphatic heterocycles. The SMILES string of the molecule is N#Cc1cccc(NC2CCN(Cc3ccc(Cl)cc3-n3cncn3)C2)c1. The lowest BCUT2D eigenvalue weighted by Gasteiger charge is -2.19. The summed E-state index contributed by atoms with van der Waals surface area (Å²) in [6.07, 6.45) is 4.27. The quantitative estimate of drug-likeness (QED) is 0.736. The van der Waals surface area contributed by atoms with Gasteiger partial charge in [0.2, 0.25) is 0 Å². The van der Waals surface area contributed by atoms with Gasteiger partial charge in [0, 0.05) is 36.4 Å². The third-order valence-electron chi connectivity index (χ3n) is 4.74. The molecular weight excluding hydrogens is 360 g/mol. The van der Waals surface area contributed by atoms with Crippen molar-refractivity contribution in [1.29, 1.82) is 5.26 Å². The van der Waals surface area contributed by atoms with Crippen LogP contribution in [0.5, 0.6) is 0 Å². The van der Waals surface area contributed by atoms with E-state index in [1.165, 1.54) is 6.33 Å². The van der Waals surface area contributed by atoms with Crippen LogP contribution in [0.3, 0.4) is 0 Å². The number of benzene rings is 2. The molecular formula is C20H19ClN6. The van der Waals surface area contributed by atoms with Crippen LogP contribution in [0.25, 0.3) is 5.69 Å². The molecule has 1 aliphatic rings. The molecule has 2 aromatic carbocycles. The van der Waals surface area contributed by atoms with Gasteiger partial charge in [-0.3, -0.25) is 4.90 Å². The first-order valence-corrected chi connectivity index (χ1v) is 9.21. The lowest BCUT2D eigenvalue weighted by Crippen LogP contribution is -2.26. The average Bonchev–Trinajstić information content (AvgIpc) is 3.36. The highest BCUT2D eigenvalue weighted by Crippen LogP contribution is 2.24. The first kappa shape index (κ1) is 17.5. The molecule has 0 spiro atoms. The van der Waals surface area contributed by atoms with Gasteiger partial charge in [0.1, 0.15) is 12.7 Å². The zero-order chi connectivity index (χ0) is 18.6. The van der Waals surface area contributed by atoms with E-state index < -0.39 is 0 Å². The number of aromatic nitrogens is 3. The Hall–Kier alpha value is -2.88. The molecule has 1 unspecified atom stereocenters. The van der Waals surface area contributed by atoms with Crippen molar-refractivity contribution < 1.29 is 0 Å². The fourth-order valence-corrected chi connectivity index (χ4v) is 3.63. The molecule has 4 rings (SSSR count). The minimum atomic E-state index is 0.362. The number of nitrogens with zero attached hydrogens (tertiary/aromatic N) is 5. The molecule has 1 saturated heterocycles. The van der Waals surface area contributed by atoms with Gasteiger partial charge in [0.05, 0.1) is 17.3 Å². The minimum absolute atomic E-state index is 0.362. The third kappa shape index (κ3) is 4.11. The Labute approximate surface area is 163 Å². The van der Waals surface area contributed by atoms with Gasteiger partial charge in [-0.05, 0) is 42.3 Å². The second kappa shape index (κ2) is 7.78. The second-order valence-corrected chi connectivity index (χ2v) is 7.11. The number of nitriles is 1. The van der Waals surface area contributed by atoms with Crippen LogP contribution in [-0.4, -0.2) is 38.8 Å². The standard InChI is InChI=1S/C20H19ClN6/c21-17-5-4-16(20(9-17)27-14-23-13-24-27)11-26-7-6-19(12-26)25-18-3-1-2-15(8-18)10-22/h1-5,8-9,13-14,19,25H,6-7,11-12H2. The Morgan fingerprint density at radius 1 is 1.26 bits per heavy atom. The highest BCUT2D eigenvalue weighted by Gasteiger charge is 2.23. The van der Waals surface area contributed by atoms with Gasteiger partial charge in [0.25, 0.3) is 0 Å². The number of anilines is 1. The van der Waals surface area contributed by atoms with Crippen molar-refractivity contribution in [3.63, 3.8) is 0 Å². The third-order valence-corrected chi connectivity index (χ3v) is 4.98. The predicted molar refractivity (Wildman–Crippen MR) is 105 cm³/mol. The molecule has 0 saturated carbocycles. The summed E-state index contributed by atoms with van der Waals surface area (Å²) >= 11 is 6.18. The maximum absolute atomic E-state index is 9.05. The van der Waals surface area contributed by atoms with Crippen molar-refractivity contribution in [3.05, 3.63) is 71.3 Å². The fraction of sp³-hybridized carbons (Fsp3) is 0.250. The Balaban J connectivity index is 1.44. The number of hydrogen-bond donors (Lipinski definition) is 1. The lowest BCUT2D eigenvalue weighted by atomic mass is 10.1. The van der Waals surface area contributed by atoms with Gasteiger partial charge >= 0.3 is 0 Å². The van der Waals surface area contributed by atoms with E-state index in [0.717, 1.165) is 43.0 Å². The molecule has 0 amide bonds. The van der Waals surface area contributed by atoms with Crippen molar-refractivity contribution in [2.45, 2.75) is 19.0 Å². The molecule has 27 heavy (non-hydrogen) atoms. The first-order chi connectivity index (χ1) is 13.2. The summed E-state index contributed by atoms with van der Waals surface area (Å²) in [6.45, 7) is 2.77. The van der Waals surface area contributed by atoms with E-state index in [2.05, 4.69) is 32.4 Å². The summed E-state index contributed by atoms with van der Waals surface area (Å²) in [5, 5.41) is 17.5. The minimum Gasteiger partial charge on any atom is -0.381 e. The van der Waals surface area contributed by atoms with E-state index in [-0.39, 0.29) is 0 Å². The Morgan fingerprint density at radius 3 is 3.00 bits per heavy atom. The monoisotopic (exact) mass is 378 g/mol. The topological polar surface area (TPSA) is 69.8 Å². The van der Waals surface area contributed by atoms with Crippen LogP contribution in [0.2, 0.25) is 5.02 Å². The van der Waals surface area contributed by atoms with E-state index in [9.17, 15) is 0 Å². The second-order valence-electron chi connectivity index (χ2n) is 6.67. The molecule has 1 atom stereocenters. The van der Waals surface area contributed by atoms with Gasteiger partial charge in [0.15, 0.2) is 0 Å². The smallest absolute Gasteiger partial charge is 0.138 e. The van der Waals surface area contributed by atoms with E-state index in [0.29, 0.717) is 16.6 Å². The molecule has 3 aromatic rings. The molecule has 0 aliphatic carbocycles. The number of nitrogens with one attached hydrogen (secondary N) is 1. The van der Waals surface area contributed by atoms with E-state index in [1.807, 2.05) is 36.4 Å². The highest BCUT2D eigenvalue weighted by molar-refractivity contribution is 6.30. The van der Waals surface area contributed by atoms with Crippen LogP contribution in [0.4, 0.5) is 5.69 Å². The normalized spacial score (nSPS) is 17.0. The zero-order valence-electron chi connectivity index (χ0n) is 14.7. The van der Waals surface area contributed by atoms with Crippen LogP contribution in [0.1, 0.15) is 17.5 Å². The molecule has 2 heterocycles. The maximum atomic E-state index is 9.05. The molecule has 0 bridgehead atoms. The molecule has 1 N–H and O–H groups in total. The van der Waals surface area contributed by atoms with Crippen LogP contribution in [0.15, 0.2) is 55.1 Å². The van der Waals surface area contributed by atoms with Crippen molar-refractivity contribution in [2.24, 2.45) is 0 Å². The maximum Gasteiger partial charge on any atom is 0.138 e. The average molecular weight is 379 g/mol. The van der Waals surface area contributed by atoms with E-state index >= 15 is 0 Å². The number of likely N-dealkylation sites (tertiary alicyclic amines) is 1. The van der Waals surface area contributed by atoms with E-state index in [1.54, 1.807) is 11.0 Å². The Kier molecular flexibility index (Phi) is 5.05. The van der Waals surface area contributed by atoms with Crippen LogP contribution < -0.4 is 5.32 Å². The lowest BCUT2D eigenvalue weighted by molar-refractivity contribution is 0.328. The molecule has 136 valence electrons. The van der Waals surface area contributed by atoms with Crippen molar-refractivity contribution in [3.8, 4) is 11.8 Å². The summed E-state index contributed by atoms with van der Waals surface area (Å²) in [4.78, 5) is 6.45. The molecule has 1 aromatic heterocycles. The summed E-state index contributed by atoms with van der Waals surface area (Å²) in [7, 11) is 0. The Morgan fingerprint density at radius 2 is 2.19 bits per heavy atom. The van der Waals surface area contributed by atoms with Crippen molar-refractivity contribution in [2.75, 3.05) is 18.4 Å². The van der Waals surface area contributed by atoms with Gasteiger partial charge in [-0.25, -0.2) is 9.67 Å². The number of halogens is 1. The summed E-state index contributed by atoms with van der Waals surface area (Å²) in [5.74, 6) is 0. The van der Waals surface area contributed by atoms with Gasteiger partial charge < -0.3 is 5.32 Å². The summed E-state index contributed by atoms with van der Waals surface area (Å²) < 4.78 is 1.75. The van der Waals surface area contributed by atoms with Gasteiger partial charge in [-0.1, -0.05) is 23.7 Å². The molecule has 6 nitrogen and oxygen atoms in total. The fourth-order valence-electron chi connectivity index (χ4n) is 3.47. The van der Waals surface area contributed by atoms with Crippen molar-refractivity contribution in [1.82, 2.24) is 19.7 Å². The molecule has 7 heteroatoms. The van der Waals surface area contributed by atoms with Gasteiger partial charge in [-0.15, -0.1) is 0 Å². The van der Waals surface area contributed by atoms with Crippen LogP contribution >= 0.6 is 11.6 Å². The number of rotatable bonds is 5. The summed E-state index contributed by atoms with van der Waals surface area (Å²) in [5.41, 5.74) is 3.79. The number of hydrogen-bond acceptors (Lipinski definition) is 5. The van der Waals surface area contributed by atoms with Crippen LogP contribution in [0, 0.1) is 11.3 Å². The first-order valence-electron chi connectivity index (χ1n) is 8.84. The largest absolute Gasteiger partial charge is 0.381 e. The molecule has 1 fully saturated rings. The highest BCUT2D eigenvalue weighted by atomic mass is 35.5. The zero-order valence-corrected chi connectivity index (χ0v) is 15.5. The van der Waals surface area contributed by atoms with Crippen LogP contribution in [-0.2, 0) is 6.54 Å². The van der Waals surface area contributed by atoms with Crippen molar-refractivity contribution >= 4 is 17.3 Å². The Bertz CT molecular complexity index is 963. The predicted octanol–water partition coefficient (Wildman–Crippen LogP) is 3.48. The molecule has 0 radical (unpaired) electrons. The van der Waals surface area contributed by atoms with Gasteiger partial charge in [-0.2, -0.15) is 10.4 Å².